The maximum atomic E-state index is 15.9. The van der Waals surface area contributed by atoms with Crippen LogP contribution in [0.1, 0.15) is 82.9 Å². The van der Waals surface area contributed by atoms with Crippen LogP contribution in [0.4, 0.5) is 111 Å². The van der Waals surface area contributed by atoms with Gasteiger partial charge in [-0.2, -0.15) is 0 Å². The highest BCUT2D eigenvalue weighted by molar-refractivity contribution is 6.31. The van der Waals surface area contributed by atoms with Crippen molar-refractivity contribution in [1.82, 2.24) is 0 Å². The van der Waals surface area contributed by atoms with Crippen LogP contribution in [0.15, 0.2) is 97.1 Å². The summed E-state index contributed by atoms with van der Waals surface area (Å²) in [7, 11) is 0. The van der Waals surface area contributed by atoms with Gasteiger partial charge in [-0.1, -0.05) is 24.3 Å². The Morgan fingerprint density at radius 2 is 0.273 bits per heavy atom. The number of nitrogens with zero attached hydrogens (tertiary/aromatic N) is 4. The van der Waals surface area contributed by atoms with Crippen LogP contribution < -0.4 is 19.6 Å². The number of rotatable bonds is 4. The smallest absolute Gasteiger partial charge is 0.265 e. The molecule has 0 radical (unpaired) electrons. The minimum Gasteiger partial charge on any atom is -0.268 e. The topological polar surface area (TPSA) is 150 Å². The van der Waals surface area contributed by atoms with E-state index in [2.05, 4.69) is 0 Å². The summed E-state index contributed by atoms with van der Waals surface area (Å²) in [5.41, 5.74) is -21.8. The summed E-state index contributed by atoms with van der Waals surface area (Å²) in [6, 6.07) is 5.16. The maximum absolute atomic E-state index is 15.9. The minimum atomic E-state index is -3.00. The zero-order valence-electron chi connectivity index (χ0n) is 41.9. The number of halogens is 20. The first-order valence-corrected chi connectivity index (χ1v) is 23.4. The van der Waals surface area contributed by atoms with E-state index in [1.165, 1.54) is 0 Å². The fraction of sp³-hybridized carbons (Fsp3) is 0. The molecule has 0 unspecified atom stereocenters. The summed E-state index contributed by atoms with van der Waals surface area (Å²) in [4.78, 5) is 113. The molecule has 8 bridgehead atoms. The average Bonchev–Trinajstić information content (AvgIpc) is 0.937. The quantitative estimate of drug-likeness (QED) is 0.0732. The summed E-state index contributed by atoms with van der Waals surface area (Å²) in [5.74, 6) is -78.6. The van der Waals surface area contributed by atoms with E-state index in [0.29, 0.717) is 72.8 Å². The van der Waals surface area contributed by atoms with Crippen molar-refractivity contribution in [2.75, 3.05) is 19.6 Å². The van der Waals surface area contributed by atoms with Crippen molar-refractivity contribution in [3.05, 3.63) is 258 Å². The van der Waals surface area contributed by atoms with E-state index in [0.717, 1.165) is 0 Å². The molecule has 8 amide bonds. The average molecular weight is 1250 g/mol. The molecule has 1 aliphatic heterocycles. The van der Waals surface area contributed by atoms with Crippen LogP contribution in [0.3, 0.4) is 0 Å². The predicted octanol–water partition coefficient (Wildman–Crippen LogP) is 12.7. The third kappa shape index (κ3) is 9.75. The molecule has 32 heteroatoms. The summed E-state index contributed by atoms with van der Waals surface area (Å²) in [5, 5.41) is 0. The first kappa shape index (κ1) is 61.5. The van der Waals surface area contributed by atoms with Gasteiger partial charge in [-0.05, 0) is 72.8 Å². The van der Waals surface area contributed by atoms with Gasteiger partial charge in [0.25, 0.3) is 47.3 Å². The van der Waals surface area contributed by atoms with Crippen LogP contribution in [0.5, 0.6) is 0 Å². The summed E-state index contributed by atoms with van der Waals surface area (Å²) < 4.78 is 305. The number of benzene rings is 8. The van der Waals surface area contributed by atoms with E-state index in [1.54, 1.807) is 0 Å². The van der Waals surface area contributed by atoms with Gasteiger partial charge >= 0.3 is 0 Å². The summed E-state index contributed by atoms with van der Waals surface area (Å²) in [6.07, 6.45) is 0. The van der Waals surface area contributed by atoms with Gasteiger partial charge in [0.05, 0.1) is 0 Å². The fourth-order valence-corrected chi connectivity index (χ4v) is 8.51. The van der Waals surface area contributed by atoms with Gasteiger partial charge in [0.15, 0.2) is 93.1 Å². The lowest BCUT2D eigenvalue weighted by Gasteiger charge is -2.26. The van der Waals surface area contributed by atoms with Gasteiger partial charge in [0.2, 0.25) is 23.3 Å². The lowest BCUT2D eigenvalue weighted by Crippen LogP contribution is -2.41. The zero-order valence-corrected chi connectivity index (χ0v) is 41.9. The third-order valence-electron chi connectivity index (χ3n) is 12.7. The zero-order chi connectivity index (χ0) is 64.7. The SMILES string of the molecule is O=C1c2cccc(c2)C(=O)N(c2c(F)c(F)c(F)c(F)c2F)C(=O)c2cccc(c2)C(=O)N(c2c(F)c(F)c(F)c(F)c2F)C(=O)c2cccc(c2)C(=O)N(c2c(F)c(F)c(F)c(F)c2F)C(=O)c2cccc(c2)C(=O)N1c1c(F)c(F)c(F)c(F)c1F. The number of amides is 8. The number of imide groups is 4. The van der Waals surface area contributed by atoms with Gasteiger partial charge in [-0.25, -0.2) is 107 Å². The molecule has 1 aliphatic rings. The van der Waals surface area contributed by atoms with E-state index in [9.17, 15) is 55.9 Å². The monoisotopic (exact) mass is 1250 g/mol. The second kappa shape index (κ2) is 22.7. The van der Waals surface area contributed by atoms with Crippen molar-refractivity contribution >= 4 is 70.0 Å². The highest BCUT2D eigenvalue weighted by Gasteiger charge is 2.43. The second-order valence-electron chi connectivity index (χ2n) is 17.8. The van der Waals surface area contributed by atoms with Crippen molar-refractivity contribution in [2.24, 2.45) is 0 Å². The van der Waals surface area contributed by atoms with Crippen molar-refractivity contribution in [1.29, 1.82) is 0 Å². The first-order chi connectivity index (χ1) is 41.4. The molecule has 0 fully saturated rings. The Bertz CT molecular complexity index is 3720. The van der Waals surface area contributed by atoms with E-state index in [4.69, 9.17) is 0 Å². The minimum absolute atomic E-state index is 0.0391. The molecule has 12 nitrogen and oxygen atoms in total. The largest absolute Gasteiger partial charge is 0.268 e. The molecule has 0 aromatic heterocycles. The van der Waals surface area contributed by atoms with Crippen LogP contribution in [0.25, 0.3) is 0 Å². The number of hydrogen-bond donors (Lipinski definition) is 0. The Hall–Kier alpha value is -11.1. The van der Waals surface area contributed by atoms with E-state index in [-0.39, 0.29) is 24.3 Å². The van der Waals surface area contributed by atoms with Gasteiger partial charge < -0.3 is 0 Å². The van der Waals surface area contributed by atoms with Crippen molar-refractivity contribution in [3.63, 3.8) is 0 Å². The van der Waals surface area contributed by atoms with Crippen molar-refractivity contribution in [3.8, 4) is 0 Å². The summed E-state index contributed by atoms with van der Waals surface area (Å²) in [6.45, 7) is 0. The Morgan fingerprint density at radius 1 is 0.170 bits per heavy atom. The van der Waals surface area contributed by atoms with E-state index in [1.807, 2.05) is 0 Å². The van der Waals surface area contributed by atoms with E-state index >= 15 is 70.2 Å². The number of fused-ring (bicyclic) bond motifs is 8. The van der Waals surface area contributed by atoms with Crippen molar-refractivity contribution in [2.45, 2.75) is 0 Å². The lowest BCUT2D eigenvalue weighted by molar-refractivity contribution is 0.0878. The maximum Gasteiger partial charge on any atom is 0.265 e. The summed E-state index contributed by atoms with van der Waals surface area (Å²) >= 11 is 0. The van der Waals surface area contributed by atoms with Gasteiger partial charge in [-0.15, -0.1) is 0 Å². The van der Waals surface area contributed by atoms with Gasteiger partial charge in [0, 0.05) is 44.5 Å². The molecule has 0 saturated carbocycles. The first-order valence-electron chi connectivity index (χ1n) is 23.4. The van der Waals surface area contributed by atoms with Crippen LogP contribution in [-0.2, 0) is 0 Å². The second-order valence-corrected chi connectivity index (χ2v) is 17.8. The molecule has 0 N–H and O–H groups in total. The lowest BCUT2D eigenvalue weighted by atomic mass is 10.0. The number of carbonyl (C=O) groups is 8. The van der Waals surface area contributed by atoms with Crippen LogP contribution in [0.2, 0.25) is 0 Å². The van der Waals surface area contributed by atoms with Crippen LogP contribution >= 0.6 is 0 Å². The van der Waals surface area contributed by atoms with Gasteiger partial charge in [-0.3, -0.25) is 38.4 Å². The Kier molecular flexibility index (Phi) is 15.9. The molecule has 448 valence electrons. The third-order valence-corrected chi connectivity index (χ3v) is 12.7. The predicted molar refractivity (Wildman–Crippen MR) is 255 cm³/mol. The van der Waals surface area contributed by atoms with Crippen LogP contribution in [0, 0.1) is 116 Å². The Morgan fingerprint density at radius 3 is 0.386 bits per heavy atom. The molecule has 88 heavy (non-hydrogen) atoms. The molecular formula is C56H16F20N4O8. The molecule has 1 heterocycles. The van der Waals surface area contributed by atoms with E-state index < -0.39 is 250 Å². The molecular weight excluding hydrogens is 1240 g/mol. The normalized spacial score (nSPS) is 13.8. The fourth-order valence-electron chi connectivity index (χ4n) is 8.51. The molecule has 8 aromatic rings. The molecule has 9 rings (SSSR count). The number of anilines is 4. The highest BCUT2D eigenvalue weighted by Crippen LogP contribution is 2.39. The van der Waals surface area contributed by atoms with Gasteiger partial charge in [0.1, 0.15) is 22.7 Å². The number of carbonyl (C=O) groups excluding carboxylic acids is 8. The molecule has 8 aromatic carbocycles. The molecule has 0 spiro atoms. The Balaban J connectivity index is 1.37. The van der Waals surface area contributed by atoms with Crippen LogP contribution in [-0.4, -0.2) is 47.3 Å². The molecule has 0 saturated heterocycles. The Labute approximate surface area is 472 Å². The molecule has 0 atom stereocenters. The molecule has 0 aliphatic carbocycles. The standard InChI is InChI=1S/C56H16F20N4O8/c57-25-29(61)37(69)45(38(70)30(25)62)77-49(81)17-5-1-6-18(13-17)50(82)78(46-39(71)31(63)26(58)32(64)40(46)72)52(84)20-8-3-10-22(15-20)54(86)80(48-43(75)35(67)28(60)36(68)44(48)76)56(88)24-12-4-11-23(16-24)55(87)79(47-41(73)33(65)27(59)34(66)42(47)74)53(85)21-9-2-7-19(14-21)51(77)83/h1-16H. The highest BCUT2D eigenvalue weighted by atomic mass is 19.2. The van der Waals surface area contributed by atoms with Crippen molar-refractivity contribution < 1.29 is 126 Å². The number of hydrogen-bond acceptors (Lipinski definition) is 8.